The van der Waals surface area contributed by atoms with Crippen LogP contribution in [0, 0.1) is 17.0 Å². The molecule has 0 saturated carbocycles. The highest BCUT2D eigenvalue weighted by molar-refractivity contribution is 5.95. The lowest BCUT2D eigenvalue weighted by molar-refractivity contribution is -0.384. The van der Waals surface area contributed by atoms with E-state index in [2.05, 4.69) is 0 Å². The van der Waals surface area contributed by atoms with Crippen LogP contribution >= 0.6 is 0 Å². The van der Waals surface area contributed by atoms with Gasteiger partial charge in [0.25, 0.3) is 17.5 Å². The van der Waals surface area contributed by atoms with E-state index in [1.54, 1.807) is 36.2 Å². The van der Waals surface area contributed by atoms with Gasteiger partial charge in [-0.1, -0.05) is 0 Å². The van der Waals surface area contributed by atoms with E-state index in [9.17, 15) is 19.7 Å². The Morgan fingerprint density at radius 3 is 2.62 bits per heavy atom. The SMILES string of the molecule is Cc1ccc(C(=O)N(C)Cc2ccco2)c(C2CCN(C(=O)c3cc([N+](=O)[O-])cn3C)CC2)n1. The van der Waals surface area contributed by atoms with Crippen molar-refractivity contribution in [3.05, 3.63) is 81.3 Å². The van der Waals surface area contributed by atoms with Gasteiger partial charge in [-0.05, 0) is 44.0 Å². The number of carbonyl (C=O) groups excluding carboxylic acids is 2. The maximum atomic E-state index is 13.2. The van der Waals surface area contributed by atoms with Crippen molar-refractivity contribution in [3.63, 3.8) is 0 Å². The van der Waals surface area contributed by atoms with Crippen molar-refractivity contribution in [2.45, 2.75) is 32.2 Å². The lowest BCUT2D eigenvalue weighted by atomic mass is 9.89. The monoisotopic (exact) mass is 465 g/mol. The molecule has 2 amide bonds. The fourth-order valence-electron chi connectivity index (χ4n) is 4.36. The first-order valence-corrected chi connectivity index (χ1v) is 11.1. The van der Waals surface area contributed by atoms with Crippen LogP contribution in [0.15, 0.2) is 47.2 Å². The number of piperidine rings is 1. The van der Waals surface area contributed by atoms with Crippen molar-refractivity contribution in [3.8, 4) is 0 Å². The minimum atomic E-state index is -0.506. The Kier molecular flexibility index (Phi) is 6.49. The van der Waals surface area contributed by atoms with Gasteiger partial charge in [-0.2, -0.15) is 0 Å². The average Bonchev–Trinajstić information content (AvgIpc) is 3.48. The molecule has 178 valence electrons. The van der Waals surface area contributed by atoms with Crippen molar-refractivity contribution < 1.29 is 18.9 Å². The molecule has 0 unspecified atom stereocenters. The number of hydrogen-bond donors (Lipinski definition) is 0. The molecule has 34 heavy (non-hydrogen) atoms. The van der Waals surface area contributed by atoms with Crippen LogP contribution in [0.3, 0.4) is 0 Å². The summed E-state index contributed by atoms with van der Waals surface area (Å²) in [6.07, 6.45) is 4.22. The van der Waals surface area contributed by atoms with Crippen LogP contribution in [0.2, 0.25) is 0 Å². The molecule has 3 aromatic rings. The summed E-state index contributed by atoms with van der Waals surface area (Å²) in [7, 11) is 3.36. The van der Waals surface area contributed by atoms with Crippen LogP contribution < -0.4 is 0 Å². The van der Waals surface area contributed by atoms with Gasteiger partial charge in [-0.3, -0.25) is 24.7 Å². The fourth-order valence-corrected chi connectivity index (χ4v) is 4.36. The lowest BCUT2D eigenvalue weighted by Gasteiger charge is -2.32. The van der Waals surface area contributed by atoms with Crippen LogP contribution in [-0.2, 0) is 13.6 Å². The summed E-state index contributed by atoms with van der Waals surface area (Å²) in [6.45, 7) is 3.21. The second kappa shape index (κ2) is 9.50. The van der Waals surface area contributed by atoms with Gasteiger partial charge >= 0.3 is 0 Å². The maximum absolute atomic E-state index is 13.2. The zero-order chi connectivity index (χ0) is 24.4. The third-order valence-corrected chi connectivity index (χ3v) is 6.20. The molecular weight excluding hydrogens is 438 g/mol. The number of likely N-dealkylation sites (tertiary alicyclic amines) is 1. The Bertz CT molecular complexity index is 1210. The lowest BCUT2D eigenvalue weighted by Crippen LogP contribution is -2.39. The molecule has 1 fully saturated rings. The number of pyridine rings is 1. The summed E-state index contributed by atoms with van der Waals surface area (Å²) in [5, 5.41) is 11.0. The Hall–Kier alpha value is -3.95. The summed E-state index contributed by atoms with van der Waals surface area (Å²) < 4.78 is 6.85. The summed E-state index contributed by atoms with van der Waals surface area (Å²) in [5.41, 5.74) is 2.32. The predicted octanol–water partition coefficient (Wildman–Crippen LogP) is 3.52. The molecule has 0 aliphatic carbocycles. The first kappa shape index (κ1) is 23.2. The molecular formula is C24H27N5O5. The fraction of sp³-hybridized carbons (Fsp3) is 0.375. The number of aryl methyl sites for hydroxylation is 2. The summed E-state index contributed by atoms with van der Waals surface area (Å²) in [4.78, 5) is 44.7. The molecule has 3 aromatic heterocycles. The van der Waals surface area contributed by atoms with Crippen molar-refractivity contribution in [1.29, 1.82) is 0 Å². The number of carbonyl (C=O) groups is 2. The second-order valence-corrected chi connectivity index (χ2v) is 8.64. The maximum Gasteiger partial charge on any atom is 0.287 e. The molecule has 10 nitrogen and oxygen atoms in total. The van der Waals surface area contributed by atoms with Gasteiger partial charge < -0.3 is 18.8 Å². The highest BCUT2D eigenvalue weighted by atomic mass is 16.6. The van der Waals surface area contributed by atoms with E-state index in [0.717, 1.165) is 11.4 Å². The largest absolute Gasteiger partial charge is 0.467 e. The minimum absolute atomic E-state index is 0.0302. The van der Waals surface area contributed by atoms with Gasteiger partial charge in [0, 0.05) is 44.9 Å². The number of nitro groups is 1. The van der Waals surface area contributed by atoms with Crippen LogP contribution in [0.25, 0.3) is 0 Å². The number of furan rings is 1. The van der Waals surface area contributed by atoms with E-state index in [1.165, 1.54) is 16.8 Å². The third kappa shape index (κ3) is 4.70. The summed E-state index contributed by atoms with van der Waals surface area (Å²) >= 11 is 0. The van der Waals surface area contributed by atoms with Crippen molar-refractivity contribution >= 4 is 17.5 Å². The second-order valence-electron chi connectivity index (χ2n) is 8.64. The number of nitrogens with zero attached hydrogens (tertiary/aromatic N) is 5. The smallest absolute Gasteiger partial charge is 0.287 e. The number of rotatable bonds is 6. The molecule has 0 spiro atoms. The Labute approximate surface area is 196 Å². The van der Waals surface area contributed by atoms with E-state index in [-0.39, 0.29) is 29.1 Å². The van der Waals surface area contributed by atoms with Gasteiger partial charge in [0.05, 0.1) is 35.2 Å². The van der Waals surface area contributed by atoms with Crippen molar-refractivity contribution in [2.75, 3.05) is 20.1 Å². The Morgan fingerprint density at radius 2 is 2.00 bits per heavy atom. The normalized spacial score (nSPS) is 14.3. The van der Waals surface area contributed by atoms with Crippen LogP contribution in [0.5, 0.6) is 0 Å². The average molecular weight is 466 g/mol. The molecule has 0 bridgehead atoms. The Balaban J connectivity index is 1.48. The highest BCUT2D eigenvalue weighted by Crippen LogP contribution is 2.31. The molecule has 0 radical (unpaired) electrons. The zero-order valence-electron chi connectivity index (χ0n) is 19.4. The number of amides is 2. The van der Waals surface area contributed by atoms with Gasteiger partial charge in [0.1, 0.15) is 11.5 Å². The van der Waals surface area contributed by atoms with Crippen molar-refractivity contribution in [2.24, 2.45) is 7.05 Å². The number of hydrogen-bond acceptors (Lipinski definition) is 6. The summed E-state index contributed by atoms with van der Waals surface area (Å²) in [5.74, 6) is 0.363. The molecule has 1 aliphatic heterocycles. The quantitative estimate of drug-likeness (QED) is 0.406. The Morgan fingerprint density at radius 1 is 1.26 bits per heavy atom. The van der Waals surface area contributed by atoms with Gasteiger partial charge in [-0.15, -0.1) is 0 Å². The standard InChI is InChI=1S/C24H27N5O5/c1-16-6-7-20(23(30)27(3)15-19-5-4-12-34-19)22(25-16)17-8-10-28(11-9-17)24(31)21-13-18(29(32)33)14-26(21)2/h4-7,12-14,17H,8-11,15H2,1-3H3. The number of aromatic nitrogens is 2. The molecule has 0 N–H and O–H groups in total. The van der Waals surface area contributed by atoms with E-state index in [4.69, 9.17) is 9.40 Å². The molecule has 0 atom stereocenters. The molecule has 0 aromatic carbocycles. The van der Waals surface area contributed by atoms with E-state index in [0.29, 0.717) is 43.8 Å². The predicted molar refractivity (Wildman–Crippen MR) is 123 cm³/mol. The highest BCUT2D eigenvalue weighted by Gasteiger charge is 2.30. The van der Waals surface area contributed by atoms with Gasteiger partial charge in [0.2, 0.25) is 0 Å². The topological polar surface area (TPSA) is 115 Å². The van der Waals surface area contributed by atoms with Crippen LogP contribution in [0.1, 0.15) is 56.8 Å². The molecule has 10 heteroatoms. The van der Waals surface area contributed by atoms with Crippen LogP contribution in [-0.4, -0.2) is 56.2 Å². The van der Waals surface area contributed by atoms with Crippen LogP contribution in [0.4, 0.5) is 5.69 Å². The van der Waals surface area contributed by atoms with E-state index >= 15 is 0 Å². The minimum Gasteiger partial charge on any atom is -0.467 e. The van der Waals surface area contributed by atoms with E-state index < -0.39 is 4.92 Å². The molecule has 4 rings (SSSR count). The molecule has 1 aliphatic rings. The molecule has 4 heterocycles. The van der Waals surface area contributed by atoms with Gasteiger partial charge in [0.15, 0.2) is 0 Å². The first-order chi connectivity index (χ1) is 16.2. The molecule has 1 saturated heterocycles. The zero-order valence-corrected chi connectivity index (χ0v) is 19.4. The van der Waals surface area contributed by atoms with Crippen molar-refractivity contribution in [1.82, 2.24) is 19.4 Å². The van der Waals surface area contributed by atoms with Gasteiger partial charge in [-0.25, -0.2) is 0 Å². The third-order valence-electron chi connectivity index (χ3n) is 6.20. The first-order valence-electron chi connectivity index (χ1n) is 11.1. The summed E-state index contributed by atoms with van der Waals surface area (Å²) in [6, 6.07) is 8.57. The van der Waals surface area contributed by atoms with E-state index in [1.807, 2.05) is 25.1 Å².